The average molecular weight is 261 g/mol. The van der Waals surface area contributed by atoms with Crippen LogP contribution >= 0.6 is 0 Å². The molecule has 4 nitrogen and oxygen atoms in total. The highest BCUT2D eigenvalue weighted by molar-refractivity contribution is 5.78. The van der Waals surface area contributed by atoms with Gasteiger partial charge in [-0.25, -0.2) is 4.98 Å². The predicted octanol–water partition coefficient (Wildman–Crippen LogP) is 3.48. The monoisotopic (exact) mass is 261 g/mol. The van der Waals surface area contributed by atoms with Crippen LogP contribution in [0.5, 0.6) is 0 Å². The highest BCUT2D eigenvalue weighted by Gasteiger charge is 2.16. The van der Waals surface area contributed by atoms with Crippen molar-refractivity contribution in [1.29, 1.82) is 0 Å². The summed E-state index contributed by atoms with van der Waals surface area (Å²) in [5, 5.41) is 3.72. The lowest BCUT2D eigenvalue weighted by atomic mass is 10.1. The smallest absolute Gasteiger partial charge is 0.267 e. The first kappa shape index (κ1) is 13.8. The maximum absolute atomic E-state index is 12.1. The molecule has 0 spiro atoms. The van der Waals surface area contributed by atoms with Crippen LogP contribution in [0.1, 0.15) is 56.8 Å². The summed E-state index contributed by atoms with van der Waals surface area (Å²) >= 11 is 0. The van der Waals surface area contributed by atoms with E-state index in [2.05, 4.69) is 23.9 Å². The van der Waals surface area contributed by atoms with Gasteiger partial charge in [0.15, 0.2) is 5.65 Å². The van der Waals surface area contributed by atoms with Crippen LogP contribution in [-0.4, -0.2) is 14.8 Å². The van der Waals surface area contributed by atoms with E-state index in [0.717, 1.165) is 35.1 Å². The molecule has 0 fully saturated rings. The highest BCUT2D eigenvalue weighted by Crippen LogP contribution is 2.23. The number of aromatic amines is 1. The van der Waals surface area contributed by atoms with Crippen LogP contribution in [0.15, 0.2) is 10.9 Å². The van der Waals surface area contributed by atoms with Gasteiger partial charge in [-0.05, 0) is 38.3 Å². The van der Waals surface area contributed by atoms with Crippen LogP contribution in [0.4, 0.5) is 0 Å². The quantitative estimate of drug-likeness (QED) is 0.895. The van der Waals surface area contributed by atoms with Gasteiger partial charge >= 0.3 is 0 Å². The van der Waals surface area contributed by atoms with E-state index in [4.69, 9.17) is 0 Å². The van der Waals surface area contributed by atoms with E-state index < -0.39 is 0 Å². The first-order valence-corrected chi connectivity index (χ1v) is 7.16. The summed E-state index contributed by atoms with van der Waals surface area (Å²) in [6, 6.07) is 2.30. The molecule has 0 bridgehead atoms. The number of fused-ring (bicyclic) bond motifs is 1. The standard InChI is InChI=1S/C15H23N3O/c1-5-7-8-12(6-2)18-14-13(15(19)17-18)10(3)9-11(4)16-14/h9,12H,5-8H2,1-4H3,(H,17,19). The second-order valence-corrected chi connectivity index (χ2v) is 5.29. The van der Waals surface area contributed by atoms with Crippen LogP contribution < -0.4 is 5.56 Å². The molecule has 1 N–H and O–H groups in total. The van der Waals surface area contributed by atoms with E-state index in [0.29, 0.717) is 6.04 Å². The van der Waals surface area contributed by atoms with Crippen molar-refractivity contribution in [2.24, 2.45) is 0 Å². The van der Waals surface area contributed by atoms with Gasteiger partial charge in [0.25, 0.3) is 5.56 Å². The summed E-state index contributed by atoms with van der Waals surface area (Å²) in [6.45, 7) is 8.30. The van der Waals surface area contributed by atoms with Crippen molar-refractivity contribution in [3.8, 4) is 0 Å². The Hall–Kier alpha value is -1.58. The molecule has 0 aromatic carbocycles. The van der Waals surface area contributed by atoms with Gasteiger partial charge in [0, 0.05) is 5.69 Å². The first-order valence-electron chi connectivity index (χ1n) is 7.16. The third kappa shape index (κ3) is 2.57. The molecule has 0 aliphatic rings. The van der Waals surface area contributed by atoms with E-state index in [1.807, 2.05) is 24.6 Å². The molecule has 1 atom stereocenters. The molecule has 104 valence electrons. The average Bonchev–Trinajstić information content (AvgIpc) is 2.68. The third-order valence-electron chi connectivity index (χ3n) is 3.73. The Kier molecular flexibility index (Phi) is 4.08. The predicted molar refractivity (Wildman–Crippen MR) is 78.7 cm³/mol. The van der Waals surface area contributed by atoms with Crippen LogP contribution in [0.2, 0.25) is 0 Å². The fraction of sp³-hybridized carbons (Fsp3) is 0.600. The van der Waals surface area contributed by atoms with Crippen LogP contribution in [0.25, 0.3) is 11.0 Å². The lowest BCUT2D eigenvalue weighted by Gasteiger charge is -2.16. The Morgan fingerprint density at radius 1 is 1.37 bits per heavy atom. The second kappa shape index (κ2) is 5.59. The zero-order chi connectivity index (χ0) is 14.0. The lowest BCUT2D eigenvalue weighted by Crippen LogP contribution is -2.13. The number of pyridine rings is 1. The molecule has 4 heteroatoms. The van der Waals surface area contributed by atoms with E-state index in [9.17, 15) is 4.79 Å². The zero-order valence-electron chi connectivity index (χ0n) is 12.3. The van der Waals surface area contributed by atoms with Crippen LogP contribution in [0.3, 0.4) is 0 Å². The van der Waals surface area contributed by atoms with Crippen molar-refractivity contribution in [3.63, 3.8) is 0 Å². The Labute approximate surface area is 113 Å². The van der Waals surface area contributed by atoms with Crippen molar-refractivity contribution in [2.75, 3.05) is 0 Å². The number of aryl methyl sites for hydroxylation is 2. The minimum absolute atomic E-state index is 0.0186. The summed E-state index contributed by atoms with van der Waals surface area (Å²) < 4.78 is 1.98. The van der Waals surface area contributed by atoms with Crippen LogP contribution in [0, 0.1) is 13.8 Å². The fourth-order valence-electron chi connectivity index (χ4n) is 2.71. The number of aromatic nitrogens is 3. The SMILES string of the molecule is CCCCC(CC)n1[nH]c(=O)c2c(C)cc(C)nc21. The maximum Gasteiger partial charge on any atom is 0.273 e. The Morgan fingerprint density at radius 3 is 2.74 bits per heavy atom. The largest absolute Gasteiger partial charge is 0.273 e. The van der Waals surface area contributed by atoms with E-state index >= 15 is 0 Å². The van der Waals surface area contributed by atoms with Gasteiger partial charge in [0.1, 0.15) is 0 Å². The van der Waals surface area contributed by atoms with Gasteiger partial charge in [0.05, 0.1) is 11.4 Å². The fourth-order valence-corrected chi connectivity index (χ4v) is 2.71. The molecule has 2 heterocycles. The molecule has 1 unspecified atom stereocenters. The van der Waals surface area contributed by atoms with Gasteiger partial charge in [-0.2, -0.15) is 0 Å². The lowest BCUT2D eigenvalue weighted by molar-refractivity contribution is 0.407. The van der Waals surface area contributed by atoms with Crippen molar-refractivity contribution < 1.29 is 0 Å². The number of hydrogen-bond donors (Lipinski definition) is 1. The van der Waals surface area contributed by atoms with Gasteiger partial charge < -0.3 is 0 Å². The van der Waals surface area contributed by atoms with E-state index in [1.54, 1.807) is 0 Å². The molecule has 0 radical (unpaired) electrons. The molecule has 0 saturated carbocycles. The van der Waals surface area contributed by atoms with E-state index in [-0.39, 0.29) is 5.56 Å². The Morgan fingerprint density at radius 2 is 2.11 bits per heavy atom. The van der Waals surface area contributed by atoms with Crippen molar-refractivity contribution >= 4 is 11.0 Å². The van der Waals surface area contributed by atoms with Gasteiger partial charge in [-0.3, -0.25) is 14.6 Å². The third-order valence-corrected chi connectivity index (χ3v) is 3.73. The summed E-state index contributed by atoms with van der Waals surface area (Å²) in [7, 11) is 0. The topological polar surface area (TPSA) is 50.7 Å². The Balaban J connectivity index is 2.57. The summed E-state index contributed by atoms with van der Waals surface area (Å²) in [6.07, 6.45) is 4.44. The molecule has 0 saturated heterocycles. The second-order valence-electron chi connectivity index (χ2n) is 5.29. The first-order chi connectivity index (χ1) is 9.08. The molecule has 2 aromatic heterocycles. The van der Waals surface area contributed by atoms with Crippen molar-refractivity contribution in [1.82, 2.24) is 14.8 Å². The number of nitrogens with one attached hydrogen (secondary N) is 1. The zero-order valence-corrected chi connectivity index (χ0v) is 12.3. The maximum atomic E-state index is 12.1. The van der Waals surface area contributed by atoms with Gasteiger partial charge in [0.2, 0.25) is 0 Å². The molecule has 2 aromatic rings. The normalized spacial score (nSPS) is 13.1. The molecular formula is C15H23N3O. The van der Waals surface area contributed by atoms with Gasteiger partial charge in [-0.15, -0.1) is 0 Å². The minimum Gasteiger partial charge on any atom is -0.267 e. The highest BCUT2D eigenvalue weighted by atomic mass is 16.1. The molecule has 2 rings (SSSR count). The van der Waals surface area contributed by atoms with E-state index in [1.165, 1.54) is 12.8 Å². The molecule has 0 aliphatic heterocycles. The molecular weight excluding hydrogens is 238 g/mol. The van der Waals surface area contributed by atoms with Crippen molar-refractivity contribution in [2.45, 2.75) is 59.4 Å². The number of unbranched alkanes of at least 4 members (excludes halogenated alkanes) is 1. The number of nitrogens with zero attached hydrogens (tertiary/aromatic N) is 2. The minimum atomic E-state index is -0.0186. The summed E-state index contributed by atoms with van der Waals surface area (Å²) in [5.74, 6) is 0. The summed E-state index contributed by atoms with van der Waals surface area (Å²) in [4.78, 5) is 16.7. The molecule has 0 amide bonds. The summed E-state index contributed by atoms with van der Waals surface area (Å²) in [5.41, 5.74) is 2.76. The number of H-pyrrole nitrogens is 1. The Bertz CT molecular complexity index is 624. The molecule has 19 heavy (non-hydrogen) atoms. The van der Waals surface area contributed by atoms with Gasteiger partial charge in [-0.1, -0.05) is 26.7 Å². The number of rotatable bonds is 5. The van der Waals surface area contributed by atoms with Crippen molar-refractivity contribution in [3.05, 3.63) is 27.7 Å². The number of hydrogen-bond acceptors (Lipinski definition) is 2. The van der Waals surface area contributed by atoms with Crippen LogP contribution in [-0.2, 0) is 0 Å². The molecule has 0 aliphatic carbocycles.